The summed E-state index contributed by atoms with van der Waals surface area (Å²) in [5, 5.41) is 12.3. The van der Waals surface area contributed by atoms with Gasteiger partial charge in [0.05, 0.1) is 5.92 Å². The molecule has 2 rings (SSSR count). The van der Waals surface area contributed by atoms with Gasteiger partial charge in [-0.1, -0.05) is 37.0 Å². The Hall–Kier alpha value is -1.84. The molecule has 0 unspecified atom stereocenters. The molecule has 2 N–H and O–H groups in total. The fourth-order valence-electron chi connectivity index (χ4n) is 3.09. The molecule has 1 aromatic carbocycles. The lowest BCUT2D eigenvalue weighted by Gasteiger charge is -2.23. The highest BCUT2D eigenvalue weighted by Gasteiger charge is 2.30. The van der Waals surface area contributed by atoms with Crippen LogP contribution in [-0.4, -0.2) is 23.0 Å². The zero-order chi connectivity index (χ0) is 15.4. The maximum atomic E-state index is 12.4. The van der Waals surface area contributed by atoms with E-state index in [0.717, 1.165) is 36.8 Å². The molecule has 1 saturated carbocycles. The van der Waals surface area contributed by atoms with Crippen molar-refractivity contribution in [3.05, 3.63) is 34.9 Å². The molecule has 1 aliphatic carbocycles. The van der Waals surface area contributed by atoms with E-state index in [2.05, 4.69) is 5.32 Å². The van der Waals surface area contributed by atoms with Crippen LogP contribution in [-0.2, 0) is 4.79 Å². The van der Waals surface area contributed by atoms with Crippen LogP contribution in [0, 0.1) is 19.8 Å². The predicted octanol–water partition coefficient (Wildman–Crippen LogP) is 3.07. The summed E-state index contributed by atoms with van der Waals surface area (Å²) in [6.07, 6.45) is 4.33. The lowest BCUT2D eigenvalue weighted by atomic mass is 9.94. The molecule has 21 heavy (non-hydrogen) atoms. The number of carbonyl (C=O) groups excluding carboxylic acids is 1. The molecule has 2 atom stereocenters. The van der Waals surface area contributed by atoms with Crippen LogP contribution in [0.4, 0.5) is 0 Å². The Kier molecular flexibility index (Phi) is 4.99. The second-order valence-electron chi connectivity index (χ2n) is 5.98. The highest BCUT2D eigenvalue weighted by molar-refractivity contribution is 5.96. The lowest BCUT2D eigenvalue weighted by Crippen LogP contribution is -2.43. The van der Waals surface area contributed by atoms with Crippen LogP contribution in [0.2, 0.25) is 0 Å². The first kappa shape index (κ1) is 15.5. The van der Waals surface area contributed by atoms with Gasteiger partial charge in [-0.15, -0.1) is 0 Å². The molecule has 4 heteroatoms. The summed E-state index contributed by atoms with van der Waals surface area (Å²) in [5.41, 5.74) is 2.67. The fourth-order valence-corrected chi connectivity index (χ4v) is 3.09. The van der Waals surface area contributed by atoms with E-state index in [0.29, 0.717) is 12.0 Å². The third-order valence-corrected chi connectivity index (χ3v) is 4.28. The van der Waals surface area contributed by atoms with E-state index in [1.54, 1.807) is 0 Å². The van der Waals surface area contributed by atoms with Crippen molar-refractivity contribution in [2.45, 2.75) is 52.0 Å². The normalized spacial score (nSPS) is 22.4. The van der Waals surface area contributed by atoms with Gasteiger partial charge in [0, 0.05) is 11.6 Å². The molecule has 1 aromatic rings. The second kappa shape index (κ2) is 6.74. The summed E-state index contributed by atoms with van der Waals surface area (Å²) in [6.45, 7) is 3.89. The first-order chi connectivity index (χ1) is 9.99. The minimum atomic E-state index is -0.803. The average molecular weight is 289 g/mol. The second-order valence-corrected chi connectivity index (χ2v) is 5.98. The van der Waals surface area contributed by atoms with Crippen molar-refractivity contribution in [1.82, 2.24) is 5.32 Å². The summed E-state index contributed by atoms with van der Waals surface area (Å²) in [5.74, 6) is -1.43. The first-order valence-electron chi connectivity index (χ1n) is 7.60. The van der Waals surface area contributed by atoms with Gasteiger partial charge < -0.3 is 10.4 Å². The molecular weight excluding hydrogens is 266 g/mol. The van der Waals surface area contributed by atoms with Gasteiger partial charge in [-0.25, -0.2) is 0 Å². The van der Waals surface area contributed by atoms with Crippen molar-refractivity contribution in [1.29, 1.82) is 0 Å². The highest BCUT2D eigenvalue weighted by Crippen LogP contribution is 2.24. The number of amides is 1. The van der Waals surface area contributed by atoms with E-state index in [1.807, 2.05) is 32.0 Å². The van der Waals surface area contributed by atoms with Gasteiger partial charge >= 0.3 is 5.97 Å². The number of rotatable bonds is 3. The molecule has 0 radical (unpaired) electrons. The molecule has 0 spiro atoms. The number of hydrogen-bond donors (Lipinski definition) is 2. The number of carbonyl (C=O) groups is 2. The Balaban J connectivity index is 2.14. The number of carboxylic acid groups (broad SMARTS) is 1. The molecule has 1 amide bonds. The average Bonchev–Trinajstić information content (AvgIpc) is 2.63. The number of benzene rings is 1. The smallest absolute Gasteiger partial charge is 0.308 e. The van der Waals surface area contributed by atoms with Gasteiger partial charge in [-0.3, -0.25) is 9.59 Å². The summed E-state index contributed by atoms with van der Waals surface area (Å²) in [6, 6.07) is 5.42. The van der Waals surface area contributed by atoms with E-state index in [4.69, 9.17) is 0 Å². The topological polar surface area (TPSA) is 66.4 Å². The third-order valence-electron chi connectivity index (χ3n) is 4.28. The quantitative estimate of drug-likeness (QED) is 0.840. The molecule has 0 heterocycles. The first-order valence-corrected chi connectivity index (χ1v) is 7.60. The van der Waals surface area contributed by atoms with Crippen molar-refractivity contribution in [3.8, 4) is 0 Å². The van der Waals surface area contributed by atoms with Gasteiger partial charge in [0.25, 0.3) is 5.91 Å². The lowest BCUT2D eigenvalue weighted by molar-refractivity contribution is -0.142. The zero-order valence-corrected chi connectivity index (χ0v) is 12.7. The fraction of sp³-hybridized carbons (Fsp3) is 0.529. The standard InChI is InChI=1S/C17H23NO3/c1-11-8-9-13(12(2)10-11)16(19)18-15-7-5-3-4-6-14(15)17(20)21/h8-10,14-15H,3-7H2,1-2H3,(H,18,19)(H,20,21)/t14-,15+/m1/s1. The van der Waals surface area contributed by atoms with Crippen LogP contribution in [0.1, 0.15) is 53.6 Å². The molecule has 0 bridgehead atoms. The van der Waals surface area contributed by atoms with E-state index in [-0.39, 0.29) is 11.9 Å². The molecule has 114 valence electrons. The maximum Gasteiger partial charge on any atom is 0.308 e. The van der Waals surface area contributed by atoms with Crippen molar-refractivity contribution < 1.29 is 14.7 Å². The van der Waals surface area contributed by atoms with Crippen LogP contribution in [0.5, 0.6) is 0 Å². The van der Waals surface area contributed by atoms with Gasteiger partial charge in [0.1, 0.15) is 0 Å². The zero-order valence-electron chi connectivity index (χ0n) is 12.7. The van der Waals surface area contributed by atoms with Gasteiger partial charge in [0.2, 0.25) is 0 Å². The molecule has 4 nitrogen and oxygen atoms in total. The Labute approximate surface area is 125 Å². The van der Waals surface area contributed by atoms with Crippen LogP contribution in [0.3, 0.4) is 0 Å². The van der Waals surface area contributed by atoms with E-state index < -0.39 is 11.9 Å². The van der Waals surface area contributed by atoms with Crippen LogP contribution in [0.15, 0.2) is 18.2 Å². The third kappa shape index (κ3) is 3.84. The Morgan fingerprint density at radius 2 is 1.86 bits per heavy atom. The Morgan fingerprint density at radius 1 is 1.14 bits per heavy atom. The minimum Gasteiger partial charge on any atom is -0.481 e. The van der Waals surface area contributed by atoms with Crippen molar-refractivity contribution >= 4 is 11.9 Å². The number of carboxylic acids is 1. The predicted molar refractivity (Wildman–Crippen MR) is 81.4 cm³/mol. The van der Waals surface area contributed by atoms with Crippen LogP contribution >= 0.6 is 0 Å². The summed E-state index contributed by atoms with van der Waals surface area (Å²) in [4.78, 5) is 23.8. The molecule has 0 saturated heterocycles. The van der Waals surface area contributed by atoms with Crippen LogP contribution in [0.25, 0.3) is 0 Å². The Morgan fingerprint density at radius 3 is 2.52 bits per heavy atom. The minimum absolute atomic E-state index is 0.161. The molecule has 0 aromatic heterocycles. The summed E-state index contributed by atoms with van der Waals surface area (Å²) < 4.78 is 0. The SMILES string of the molecule is Cc1ccc(C(=O)N[C@H]2CCCCC[C@H]2C(=O)O)c(C)c1. The van der Waals surface area contributed by atoms with Crippen molar-refractivity contribution in [2.24, 2.45) is 5.92 Å². The van der Waals surface area contributed by atoms with Gasteiger partial charge in [0.15, 0.2) is 0 Å². The van der Waals surface area contributed by atoms with Crippen LogP contribution < -0.4 is 5.32 Å². The maximum absolute atomic E-state index is 12.4. The number of aliphatic carboxylic acids is 1. The monoisotopic (exact) mass is 289 g/mol. The molecule has 1 fully saturated rings. The van der Waals surface area contributed by atoms with E-state index >= 15 is 0 Å². The van der Waals surface area contributed by atoms with E-state index in [9.17, 15) is 14.7 Å². The molecular formula is C17H23NO3. The molecule has 0 aliphatic heterocycles. The number of hydrogen-bond acceptors (Lipinski definition) is 2. The number of aryl methyl sites for hydroxylation is 2. The number of nitrogens with one attached hydrogen (secondary N) is 1. The highest BCUT2D eigenvalue weighted by atomic mass is 16.4. The van der Waals surface area contributed by atoms with Gasteiger partial charge in [-0.05, 0) is 38.3 Å². The Bertz CT molecular complexity index is 539. The summed E-state index contributed by atoms with van der Waals surface area (Å²) >= 11 is 0. The molecule has 1 aliphatic rings. The van der Waals surface area contributed by atoms with Gasteiger partial charge in [-0.2, -0.15) is 0 Å². The van der Waals surface area contributed by atoms with Crippen molar-refractivity contribution in [3.63, 3.8) is 0 Å². The largest absolute Gasteiger partial charge is 0.481 e. The van der Waals surface area contributed by atoms with Crippen molar-refractivity contribution in [2.75, 3.05) is 0 Å². The summed E-state index contributed by atoms with van der Waals surface area (Å²) in [7, 11) is 0. The van der Waals surface area contributed by atoms with E-state index in [1.165, 1.54) is 0 Å².